The highest BCUT2D eigenvalue weighted by Gasteiger charge is 2.38. The van der Waals surface area contributed by atoms with Crippen LogP contribution in [-0.4, -0.2) is 67.9 Å². The lowest BCUT2D eigenvalue weighted by atomic mass is 9.92. The number of fused-ring (bicyclic) bond motifs is 3. The smallest absolute Gasteiger partial charge is 0.257 e. The molecule has 1 aromatic rings. The molecular formula is C21H27N3O4S. The maximum atomic E-state index is 13.0. The van der Waals surface area contributed by atoms with Crippen molar-refractivity contribution in [3.8, 4) is 0 Å². The van der Waals surface area contributed by atoms with Crippen molar-refractivity contribution in [1.82, 2.24) is 9.80 Å². The van der Waals surface area contributed by atoms with Gasteiger partial charge in [-0.15, -0.1) is 11.3 Å². The topological polar surface area (TPSA) is 70.2 Å². The average Bonchev–Trinajstić information content (AvgIpc) is 3.08. The van der Waals surface area contributed by atoms with Gasteiger partial charge in [0.1, 0.15) is 11.5 Å². The SMILES string of the molecule is COCCN1C(=O)CN(C)C(=O)c2c1sc1c2CCN(C(=O)C2CC=CCC2)C1. The Balaban J connectivity index is 1.64. The fourth-order valence-corrected chi connectivity index (χ4v) is 5.73. The number of hydrogen-bond acceptors (Lipinski definition) is 5. The number of nitrogens with zero attached hydrogens (tertiary/aromatic N) is 3. The van der Waals surface area contributed by atoms with E-state index in [0.29, 0.717) is 43.2 Å². The van der Waals surface area contributed by atoms with Gasteiger partial charge in [-0.2, -0.15) is 0 Å². The molecule has 156 valence electrons. The molecule has 4 rings (SSSR count). The van der Waals surface area contributed by atoms with Gasteiger partial charge in [0.05, 0.1) is 25.3 Å². The van der Waals surface area contributed by atoms with Crippen LogP contribution >= 0.6 is 11.3 Å². The monoisotopic (exact) mass is 417 g/mol. The molecule has 0 saturated heterocycles. The molecule has 0 N–H and O–H groups in total. The number of rotatable bonds is 4. The molecule has 0 spiro atoms. The van der Waals surface area contributed by atoms with Gasteiger partial charge in [-0.3, -0.25) is 19.3 Å². The highest BCUT2D eigenvalue weighted by Crippen LogP contribution is 2.41. The third kappa shape index (κ3) is 3.71. The van der Waals surface area contributed by atoms with Gasteiger partial charge < -0.3 is 14.5 Å². The van der Waals surface area contributed by atoms with Gasteiger partial charge in [-0.05, 0) is 31.2 Å². The first-order valence-corrected chi connectivity index (χ1v) is 11.0. The third-order valence-corrected chi connectivity index (χ3v) is 7.21. The Hall–Kier alpha value is -2.19. The van der Waals surface area contributed by atoms with Crippen LogP contribution in [-0.2, 0) is 27.3 Å². The first-order chi connectivity index (χ1) is 14.0. The molecule has 2 aliphatic heterocycles. The van der Waals surface area contributed by atoms with Crippen molar-refractivity contribution in [3.63, 3.8) is 0 Å². The van der Waals surface area contributed by atoms with Crippen molar-refractivity contribution in [2.45, 2.75) is 32.2 Å². The van der Waals surface area contributed by atoms with Gasteiger partial charge in [0.2, 0.25) is 11.8 Å². The number of ether oxygens (including phenoxy) is 1. The Morgan fingerprint density at radius 1 is 1.28 bits per heavy atom. The predicted molar refractivity (Wildman–Crippen MR) is 111 cm³/mol. The molecule has 0 aromatic carbocycles. The van der Waals surface area contributed by atoms with Crippen LogP contribution in [0.1, 0.15) is 40.1 Å². The summed E-state index contributed by atoms with van der Waals surface area (Å²) in [4.78, 5) is 44.9. The van der Waals surface area contributed by atoms with Crippen molar-refractivity contribution in [3.05, 3.63) is 28.2 Å². The summed E-state index contributed by atoms with van der Waals surface area (Å²) in [5.74, 6) is 0.0615. The molecular weight excluding hydrogens is 390 g/mol. The molecule has 1 aromatic heterocycles. The summed E-state index contributed by atoms with van der Waals surface area (Å²) in [5.41, 5.74) is 1.65. The van der Waals surface area contributed by atoms with Crippen LogP contribution in [0.3, 0.4) is 0 Å². The lowest BCUT2D eigenvalue weighted by molar-refractivity contribution is -0.136. The van der Waals surface area contributed by atoms with E-state index in [0.717, 1.165) is 29.7 Å². The number of hydrogen-bond donors (Lipinski definition) is 0. The zero-order chi connectivity index (χ0) is 20.5. The Morgan fingerprint density at radius 3 is 2.83 bits per heavy atom. The minimum Gasteiger partial charge on any atom is -0.383 e. The van der Waals surface area contributed by atoms with E-state index in [1.807, 2.05) is 4.90 Å². The summed E-state index contributed by atoms with van der Waals surface area (Å²) in [5, 5.41) is 0.710. The zero-order valence-corrected chi connectivity index (χ0v) is 17.8. The van der Waals surface area contributed by atoms with E-state index < -0.39 is 0 Å². The molecule has 1 atom stereocenters. The van der Waals surface area contributed by atoms with Crippen molar-refractivity contribution in [1.29, 1.82) is 0 Å². The standard InChI is InChI=1S/C21H27N3O4S/c1-22-13-17(25)24(10-11-28-2)21-18(20(22)27)15-8-9-23(12-16(15)29-21)19(26)14-6-4-3-5-7-14/h3-4,14H,5-13H2,1-2H3. The van der Waals surface area contributed by atoms with Gasteiger partial charge in [0.15, 0.2) is 0 Å². The van der Waals surface area contributed by atoms with E-state index in [1.165, 1.54) is 16.2 Å². The van der Waals surface area contributed by atoms with Crippen LogP contribution in [0, 0.1) is 5.92 Å². The Morgan fingerprint density at radius 2 is 2.10 bits per heavy atom. The summed E-state index contributed by atoms with van der Waals surface area (Å²) in [6.45, 7) is 2.04. The quantitative estimate of drug-likeness (QED) is 0.703. The highest BCUT2D eigenvalue weighted by molar-refractivity contribution is 7.17. The molecule has 0 bridgehead atoms. The van der Waals surface area contributed by atoms with Gasteiger partial charge in [-0.25, -0.2) is 0 Å². The van der Waals surface area contributed by atoms with E-state index in [-0.39, 0.29) is 30.2 Å². The minimum atomic E-state index is -0.108. The zero-order valence-electron chi connectivity index (χ0n) is 17.0. The summed E-state index contributed by atoms with van der Waals surface area (Å²) in [7, 11) is 3.27. The predicted octanol–water partition coefficient (Wildman–Crippen LogP) is 2.05. The lowest BCUT2D eigenvalue weighted by Gasteiger charge is -2.31. The van der Waals surface area contributed by atoms with E-state index >= 15 is 0 Å². The summed E-state index contributed by atoms with van der Waals surface area (Å²) >= 11 is 1.48. The van der Waals surface area contributed by atoms with Crippen molar-refractivity contribution < 1.29 is 19.1 Å². The van der Waals surface area contributed by atoms with Crippen LogP contribution in [0.4, 0.5) is 5.00 Å². The van der Waals surface area contributed by atoms with Crippen LogP contribution in [0.15, 0.2) is 12.2 Å². The van der Waals surface area contributed by atoms with Gasteiger partial charge >= 0.3 is 0 Å². The lowest BCUT2D eigenvalue weighted by Crippen LogP contribution is -2.40. The maximum absolute atomic E-state index is 13.0. The van der Waals surface area contributed by atoms with Crippen LogP contribution < -0.4 is 4.90 Å². The molecule has 3 amide bonds. The van der Waals surface area contributed by atoms with Gasteiger partial charge in [-0.1, -0.05) is 12.2 Å². The van der Waals surface area contributed by atoms with E-state index in [4.69, 9.17) is 4.74 Å². The number of allylic oxidation sites excluding steroid dienone is 2. The summed E-state index contributed by atoms with van der Waals surface area (Å²) in [6, 6.07) is 0. The van der Waals surface area contributed by atoms with Crippen molar-refractivity contribution in [2.24, 2.45) is 5.92 Å². The molecule has 3 heterocycles. The molecule has 0 radical (unpaired) electrons. The van der Waals surface area contributed by atoms with Gasteiger partial charge in [0, 0.05) is 31.5 Å². The number of carbonyl (C=O) groups excluding carboxylic acids is 3. The summed E-state index contributed by atoms with van der Waals surface area (Å²) in [6.07, 6.45) is 7.57. The van der Waals surface area contributed by atoms with E-state index in [1.54, 1.807) is 19.1 Å². The fourth-order valence-electron chi connectivity index (χ4n) is 4.34. The molecule has 29 heavy (non-hydrogen) atoms. The fraction of sp³-hybridized carbons (Fsp3) is 0.571. The Kier molecular flexibility index (Phi) is 5.74. The van der Waals surface area contributed by atoms with Crippen LogP contribution in [0.2, 0.25) is 0 Å². The second-order valence-electron chi connectivity index (χ2n) is 7.87. The number of thiophene rings is 1. The number of carbonyl (C=O) groups is 3. The van der Waals surface area contributed by atoms with Gasteiger partial charge in [0.25, 0.3) is 5.91 Å². The third-order valence-electron chi connectivity index (χ3n) is 5.97. The molecule has 7 nitrogen and oxygen atoms in total. The second kappa shape index (κ2) is 8.28. The number of likely N-dealkylation sites (N-methyl/N-ethyl adjacent to an activating group) is 1. The van der Waals surface area contributed by atoms with Crippen molar-refractivity contribution in [2.75, 3.05) is 45.3 Å². The Bertz CT molecular complexity index is 862. The number of anilines is 1. The molecule has 0 saturated carbocycles. The normalized spacial score (nSPS) is 21.9. The molecule has 8 heteroatoms. The average molecular weight is 418 g/mol. The van der Waals surface area contributed by atoms with Crippen LogP contribution in [0.25, 0.3) is 0 Å². The van der Waals surface area contributed by atoms with E-state index in [2.05, 4.69) is 12.2 Å². The number of methoxy groups -OCH3 is 1. The number of amides is 3. The molecule has 0 fully saturated rings. The van der Waals surface area contributed by atoms with Crippen molar-refractivity contribution >= 4 is 34.1 Å². The largest absolute Gasteiger partial charge is 0.383 e. The summed E-state index contributed by atoms with van der Waals surface area (Å²) < 4.78 is 5.17. The second-order valence-corrected chi connectivity index (χ2v) is 8.96. The first-order valence-electron chi connectivity index (χ1n) is 10.1. The molecule has 1 unspecified atom stereocenters. The molecule has 1 aliphatic carbocycles. The first kappa shape index (κ1) is 20.1. The molecule has 3 aliphatic rings. The minimum absolute atomic E-state index is 0.0619. The Labute approximate surface area is 174 Å². The van der Waals surface area contributed by atoms with E-state index in [9.17, 15) is 14.4 Å². The van der Waals surface area contributed by atoms with Crippen LogP contribution in [0.5, 0.6) is 0 Å². The maximum Gasteiger partial charge on any atom is 0.257 e. The highest BCUT2D eigenvalue weighted by atomic mass is 32.1.